The van der Waals surface area contributed by atoms with Crippen LogP contribution in [0, 0.1) is 11.3 Å². The number of thiazole rings is 1. The Bertz CT molecular complexity index is 1360. The molecule has 3 N–H and O–H groups in total. The molecule has 32 heavy (non-hydrogen) atoms. The number of esters is 1. The maximum atomic E-state index is 13.0. The third kappa shape index (κ3) is 3.61. The van der Waals surface area contributed by atoms with Crippen molar-refractivity contribution in [2.24, 2.45) is 5.73 Å². The van der Waals surface area contributed by atoms with Crippen molar-refractivity contribution in [1.82, 2.24) is 9.88 Å². The molecule has 1 aromatic heterocycles. The predicted molar refractivity (Wildman–Crippen MR) is 117 cm³/mol. The number of amides is 1. The summed E-state index contributed by atoms with van der Waals surface area (Å²) in [5.41, 5.74) is 6.20. The van der Waals surface area contributed by atoms with Gasteiger partial charge >= 0.3 is 5.97 Å². The van der Waals surface area contributed by atoms with Gasteiger partial charge in [0.05, 0.1) is 44.5 Å². The minimum absolute atomic E-state index is 0.0100. The molecular formula is C21H20N4O6S. The van der Waals surface area contributed by atoms with Crippen LogP contribution in [0.25, 0.3) is 17.5 Å². The zero-order valence-electron chi connectivity index (χ0n) is 17.7. The molecule has 1 aliphatic heterocycles. The van der Waals surface area contributed by atoms with Crippen LogP contribution in [0.1, 0.15) is 11.5 Å². The Hall–Kier alpha value is -4.04. The Labute approximate surface area is 186 Å². The van der Waals surface area contributed by atoms with Crippen LogP contribution in [-0.2, 0) is 14.3 Å². The molecule has 1 amide bonds. The van der Waals surface area contributed by atoms with Crippen molar-refractivity contribution in [3.63, 3.8) is 0 Å². The first kappa shape index (κ1) is 22.6. The Morgan fingerprint density at radius 2 is 2.00 bits per heavy atom. The fourth-order valence-corrected chi connectivity index (χ4v) is 4.57. The number of allylic oxidation sites excluding steroid dienone is 1. The first-order valence-electron chi connectivity index (χ1n) is 9.22. The molecule has 0 spiro atoms. The van der Waals surface area contributed by atoms with Gasteiger partial charge in [-0.05, 0) is 6.07 Å². The van der Waals surface area contributed by atoms with Crippen LogP contribution in [-0.4, -0.2) is 44.8 Å². The number of nitrogens with zero attached hydrogens (tertiary/aromatic N) is 2. The average molecular weight is 456 g/mol. The summed E-state index contributed by atoms with van der Waals surface area (Å²) in [6.07, 6.45) is 1.02. The lowest BCUT2D eigenvalue weighted by molar-refractivity contribution is -0.133. The third-order valence-electron chi connectivity index (χ3n) is 4.94. The monoisotopic (exact) mass is 456 g/mol. The Kier molecular flexibility index (Phi) is 6.36. The standard InChI is InChI=1S/C21H20N4O6S/c1-24-19(27)17-16(11-6-5-10(29-2)7-13(11)30-3)12(9-22)18(23)25-20(28)14(32-21(17)25)8-15(26)31-4/h5-8,16H,23H2,1-4H3,(H,24,27)/b14-8-/t16-/m0/s1. The largest absolute Gasteiger partial charge is 0.497 e. The summed E-state index contributed by atoms with van der Waals surface area (Å²) in [6, 6.07) is 6.98. The fourth-order valence-electron chi connectivity index (χ4n) is 3.44. The molecule has 0 saturated heterocycles. The van der Waals surface area contributed by atoms with E-state index in [1.807, 2.05) is 6.07 Å². The fraction of sp³-hybridized carbons (Fsp3) is 0.238. The number of nitrogens with two attached hydrogens (primary N) is 1. The van der Waals surface area contributed by atoms with E-state index in [-0.39, 0.29) is 26.2 Å². The summed E-state index contributed by atoms with van der Waals surface area (Å²) in [7, 11) is 5.56. The first-order chi connectivity index (χ1) is 15.3. The maximum Gasteiger partial charge on any atom is 0.332 e. The number of aromatic nitrogens is 1. The van der Waals surface area contributed by atoms with Crippen LogP contribution >= 0.6 is 11.3 Å². The van der Waals surface area contributed by atoms with Crippen molar-refractivity contribution in [1.29, 1.82) is 5.26 Å². The summed E-state index contributed by atoms with van der Waals surface area (Å²) < 4.78 is 16.6. The number of rotatable bonds is 5. The topological polar surface area (TPSA) is 146 Å². The van der Waals surface area contributed by atoms with Crippen LogP contribution in [0.5, 0.6) is 11.5 Å². The van der Waals surface area contributed by atoms with Gasteiger partial charge in [0.15, 0.2) is 0 Å². The van der Waals surface area contributed by atoms with Gasteiger partial charge in [-0.2, -0.15) is 5.26 Å². The van der Waals surface area contributed by atoms with Crippen LogP contribution < -0.4 is 35.3 Å². The van der Waals surface area contributed by atoms with E-state index in [1.54, 1.807) is 18.2 Å². The zero-order valence-corrected chi connectivity index (χ0v) is 18.5. The second-order valence-corrected chi connectivity index (χ2v) is 7.55. The van der Waals surface area contributed by atoms with Crippen LogP contribution in [0.15, 0.2) is 28.6 Å². The number of benzene rings is 1. The highest BCUT2D eigenvalue weighted by molar-refractivity contribution is 7.07. The van der Waals surface area contributed by atoms with Crippen LogP contribution in [0.4, 0.5) is 0 Å². The van der Waals surface area contributed by atoms with Gasteiger partial charge in [-0.15, -0.1) is 11.3 Å². The van der Waals surface area contributed by atoms with Gasteiger partial charge in [0, 0.05) is 24.8 Å². The van der Waals surface area contributed by atoms with Crippen molar-refractivity contribution in [3.05, 3.63) is 48.9 Å². The number of carbonyl (C=O) groups excluding carboxylic acids is 2. The minimum Gasteiger partial charge on any atom is -0.497 e. The van der Waals surface area contributed by atoms with Crippen molar-refractivity contribution < 1.29 is 23.8 Å². The van der Waals surface area contributed by atoms with Gasteiger partial charge in [-0.3, -0.25) is 14.2 Å². The average Bonchev–Trinajstić information content (AvgIpc) is 3.13. The molecule has 0 bridgehead atoms. The summed E-state index contributed by atoms with van der Waals surface area (Å²) in [5.74, 6) is -1.44. The summed E-state index contributed by atoms with van der Waals surface area (Å²) in [5, 5.41) is 12.5. The lowest BCUT2D eigenvalue weighted by Crippen LogP contribution is -2.41. The molecular weight excluding hydrogens is 436 g/mol. The molecule has 1 aromatic carbocycles. The van der Waals surface area contributed by atoms with Crippen molar-refractivity contribution in [2.45, 2.75) is 5.92 Å². The van der Waals surface area contributed by atoms with E-state index in [2.05, 4.69) is 10.1 Å². The minimum atomic E-state index is -0.926. The van der Waals surface area contributed by atoms with Crippen molar-refractivity contribution in [3.8, 4) is 17.6 Å². The van der Waals surface area contributed by atoms with Crippen LogP contribution in [0.2, 0.25) is 0 Å². The summed E-state index contributed by atoms with van der Waals surface area (Å²) >= 11 is 0.900. The SMILES string of the molecule is CNC(=O)C1=c2s/c(=C\C(=O)OC)c(=O)n2C(N)=C(C#N)[C@@H]1c1ccc(OC)cc1OC. The molecule has 2 heterocycles. The molecule has 10 nitrogen and oxygen atoms in total. The van der Waals surface area contributed by atoms with Crippen LogP contribution in [0.3, 0.4) is 0 Å². The van der Waals surface area contributed by atoms with Crippen molar-refractivity contribution >= 4 is 40.7 Å². The molecule has 3 rings (SSSR count). The second kappa shape index (κ2) is 8.99. The van der Waals surface area contributed by atoms with Gasteiger partial charge in [-0.25, -0.2) is 4.79 Å². The summed E-state index contributed by atoms with van der Waals surface area (Å²) in [4.78, 5) is 37.7. The lowest BCUT2D eigenvalue weighted by Gasteiger charge is -2.26. The number of nitriles is 1. The predicted octanol–water partition coefficient (Wildman–Crippen LogP) is -0.775. The first-order valence-corrected chi connectivity index (χ1v) is 10.0. The van der Waals surface area contributed by atoms with E-state index < -0.39 is 23.4 Å². The Balaban J connectivity index is 2.50. The Morgan fingerprint density at radius 3 is 2.56 bits per heavy atom. The molecule has 0 aliphatic carbocycles. The lowest BCUT2D eigenvalue weighted by atomic mass is 9.83. The highest BCUT2D eigenvalue weighted by Crippen LogP contribution is 2.41. The van der Waals surface area contributed by atoms with E-state index in [9.17, 15) is 19.6 Å². The molecule has 1 atom stereocenters. The van der Waals surface area contributed by atoms with E-state index in [0.717, 1.165) is 22.0 Å². The highest BCUT2D eigenvalue weighted by atomic mass is 32.1. The quantitative estimate of drug-likeness (QED) is 0.558. The smallest absolute Gasteiger partial charge is 0.332 e. The number of ether oxygens (including phenoxy) is 3. The van der Waals surface area contributed by atoms with Gasteiger partial charge in [0.25, 0.3) is 11.5 Å². The zero-order chi connectivity index (χ0) is 23.6. The molecule has 1 aliphatic rings. The molecule has 0 saturated carbocycles. The van der Waals surface area contributed by atoms with Crippen molar-refractivity contribution in [2.75, 3.05) is 28.4 Å². The van der Waals surface area contributed by atoms with Gasteiger partial charge in [-0.1, -0.05) is 6.07 Å². The van der Waals surface area contributed by atoms with Gasteiger partial charge < -0.3 is 25.3 Å². The molecule has 0 unspecified atom stereocenters. The number of methoxy groups -OCH3 is 3. The van der Waals surface area contributed by atoms with E-state index in [1.165, 1.54) is 28.4 Å². The number of fused-ring (bicyclic) bond motifs is 1. The number of hydrogen-bond acceptors (Lipinski definition) is 9. The Morgan fingerprint density at radius 1 is 1.28 bits per heavy atom. The van der Waals surface area contributed by atoms with Gasteiger partial charge in [0.2, 0.25) is 0 Å². The number of carbonyl (C=O) groups is 2. The second-order valence-electron chi connectivity index (χ2n) is 6.52. The molecule has 2 aromatic rings. The number of nitrogens with one attached hydrogen (secondary N) is 1. The highest BCUT2D eigenvalue weighted by Gasteiger charge is 2.36. The molecule has 0 fully saturated rings. The third-order valence-corrected chi connectivity index (χ3v) is 6.05. The van der Waals surface area contributed by atoms with Gasteiger partial charge in [0.1, 0.15) is 26.5 Å². The van der Waals surface area contributed by atoms with E-state index in [4.69, 9.17) is 15.2 Å². The molecule has 11 heteroatoms. The van der Waals surface area contributed by atoms with E-state index >= 15 is 0 Å². The number of hydrogen-bond donors (Lipinski definition) is 2. The molecule has 0 radical (unpaired) electrons. The van der Waals surface area contributed by atoms with E-state index in [0.29, 0.717) is 17.1 Å². The molecule has 166 valence electrons. The normalized spacial score (nSPS) is 15.7. The maximum absolute atomic E-state index is 13.0. The summed E-state index contributed by atoms with van der Waals surface area (Å²) in [6.45, 7) is 0.